The van der Waals surface area contributed by atoms with Gasteiger partial charge in [0.2, 0.25) is 5.91 Å². The summed E-state index contributed by atoms with van der Waals surface area (Å²) in [6.07, 6.45) is 5.75. The van der Waals surface area contributed by atoms with Gasteiger partial charge in [0.05, 0.1) is 17.1 Å². The molecule has 1 aliphatic rings. The highest BCUT2D eigenvalue weighted by Crippen LogP contribution is 2.20. The van der Waals surface area contributed by atoms with Gasteiger partial charge in [-0.1, -0.05) is 25.0 Å². The summed E-state index contributed by atoms with van der Waals surface area (Å²) in [6, 6.07) is 6.85. The van der Waals surface area contributed by atoms with E-state index in [2.05, 4.69) is 10.6 Å². The molecule has 0 atom stereocenters. The topological polar surface area (TPSA) is 75.3 Å². The fraction of sp³-hybridized carbons (Fsp3) is 0.500. The van der Waals surface area contributed by atoms with Crippen LogP contribution in [0.25, 0.3) is 0 Å². The third-order valence-corrected chi connectivity index (χ3v) is 4.62. The van der Waals surface area contributed by atoms with Crippen molar-refractivity contribution in [2.75, 3.05) is 18.1 Å². The first-order valence-electron chi connectivity index (χ1n) is 6.79. The molecule has 5 nitrogen and oxygen atoms in total. The standard InChI is InChI=1S/C14H20N2O3S/c1-20(18,19)13-9-5-4-8-12(13)16-14(17)10-15-11-6-2-3-7-11/h4-5,8-9,11,15H,2-3,6-7,10H2,1H3,(H,16,17). The Bertz CT molecular complexity index is 578. The van der Waals surface area contributed by atoms with Gasteiger partial charge in [0, 0.05) is 12.3 Å². The van der Waals surface area contributed by atoms with E-state index in [1.165, 1.54) is 18.9 Å². The lowest BCUT2D eigenvalue weighted by atomic mass is 10.2. The predicted octanol–water partition coefficient (Wildman–Crippen LogP) is 1.56. The van der Waals surface area contributed by atoms with Crippen molar-refractivity contribution >= 4 is 21.4 Å². The molecule has 0 saturated heterocycles. The third kappa shape index (κ3) is 4.05. The molecular weight excluding hydrogens is 276 g/mol. The molecule has 0 aliphatic heterocycles. The average Bonchev–Trinajstić information content (AvgIpc) is 2.89. The maximum atomic E-state index is 11.9. The van der Waals surface area contributed by atoms with Crippen molar-refractivity contribution in [3.63, 3.8) is 0 Å². The first kappa shape index (κ1) is 15.0. The molecule has 0 radical (unpaired) electrons. The molecule has 0 aromatic heterocycles. The van der Waals surface area contributed by atoms with Gasteiger partial charge < -0.3 is 10.6 Å². The maximum Gasteiger partial charge on any atom is 0.238 e. The second kappa shape index (κ2) is 6.37. The predicted molar refractivity (Wildman–Crippen MR) is 78.4 cm³/mol. The molecule has 2 rings (SSSR count). The molecule has 2 N–H and O–H groups in total. The molecule has 0 unspecified atom stereocenters. The number of anilines is 1. The number of benzene rings is 1. The number of amides is 1. The van der Waals surface area contributed by atoms with Crippen molar-refractivity contribution in [3.05, 3.63) is 24.3 Å². The van der Waals surface area contributed by atoms with Gasteiger partial charge in [-0.2, -0.15) is 0 Å². The molecule has 1 amide bonds. The molecule has 1 aromatic rings. The SMILES string of the molecule is CS(=O)(=O)c1ccccc1NC(=O)CNC1CCCC1. The molecule has 110 valence electrons. The Morgan fingerprint density at radius 2 is 1.90 bits per heavy atom. The number of carbonyl (C=O) groups is 1. The van der Waals surface area contributed by atoms with Crippen LogP contribution in [0.1, 0.15) is 25.7 Å². The second-order valence-corrected chi connectivity index (χ2v) is 7.16. The van der Waals surface area contributed by atoms with E-state index in [0.717, 1.165) is 19.1 Å². The second-order valence-electron chi connectivity index (χ2n) is 5.18. The number of sulfone groups is 1. The first-order valence-corrected chi connectivity index (χ1v) is 8.68. The smallest absolute Gasteiger partial charge is 0.238 e. The van der Waals surface area contributed by atoms with E-state index in [1.54, 1.807) is 18.2 Å². The molecule has 0 heterocycles. The van der Waals surface area contributed by atoms with Crippen molar-refractivity contribution in [3.8, 4) is 0 Å². The summed E-state index contributed by atoms with van der Waals surface area (Å²) in [5, 5.41) is 5.86. The minimum Gasteiger partial charge on any atom is -0.324 e. The van der Waals surface area contributed by atoms with Gasteiger partial charge in [-0.25, -0.2) is 8.42 Å². The van der Waals surface area contributed by atoms with E-state index in [-0.39, 0.29) is 17.3 Å². The van der Waals surface area contributed by atoms with Crippen LogP contribution in [0.15, 0.2) is 29.2 Å². The van der Waals surface area contributed by atoms with E-state index >= 15 is 0 Å². The Hall–Kier alpha value is -1.40. The fourth-order valence-corrected chi connectivity index (χ4v) is 3.30. The number of hydrogen-bond acceptors (Lipinski definition) is 4. The molecule has 20 heavy (non-hydrogen) atoms. The van der Waals surface area contributed by atoms with Crippen molar-refractivity contribution in [2.24, 2.45) is 0 Å². The van der Waals surface area contributed by atoms with Gasteiger partial charge in [0.25, 0.3) is 0 Å². The summed E-state index contributed by atoms with van der Waals surface area (Å²) < 4.78 is 23.3. The molecule has 0 bridgehead atoms. The summed E-state index contributed by atoms with van der Waals surface area (Å²) in [6.45, 7) is 0.211. The van der Waals surface area contributed by atoms with Crippen molar-refractivity contribution in [2.45, 2.75) is 36.6 Å². The lowest BCUT2D eigenvalue weighted by molar-refractivity contribution is -0.115. The Kier molecular flexibility index (Phi) is 4.77. The highest BCUT2D eigenvalue weighted by atomic mass is 32.2. The average molecular weight is 296 g/mol. The van der Waals surface area contributed by atoms with Crippen LogP contribution in [0, 0.1) is 0 Å². The minimum absolute atomic E-state index is 0.147. The van der Waals surface area contributed by atoms with Gasteiger partial charge in [-0.15, -0.1) is 0 Å². The largest absolute Gasteiger partial charge is 0.324 e. The normalized spacial score (nSPS) is 16.2. The Balaban J connectivity index is 1.97. The monoisotopic (exact) mass is 296 g/mol. The van der Waals surface area contributed by atoms with Gasteiger partial charge in [0.15, 0.2) is 9.84 Å². The summed E-state index contributed by atoms with van der Waals surface area (Å²) >= 11 is 0. The molecule has 6 heteroatoms. The van der Waals surface area contributed by atoms with E-state index in [9.17, 15) is 13.2 Å². The molecule has 1 fully saturated rings. The summed E-state index contributed by atoms with van der Waals surface area (Å²) in [5.41, 5.74) is 0.341. The molecule has 1 saturated carbocycles. The number of para-hydroxylation sites is 1. The van der Waals surface area contributed by atoms with Gasteiger partial charge in [-0.3, -0.25) is 4.79 Å². The van der Waals surface area contributed by atoms with Crippen LogP contribution >= 0.6 is 0 Å². The van der Waals surface area contributed by atoms with Crippen molar-refractivity contribution in [1.82, 2.24) is 5.32 Å². The lowest BCUT2D eigenvalue weighted by Gasteiger charge is -2.13. The zero-order valence-electron chi connectivity index (χ0n) is 11.6. The fourth-order valence-electron chi connectivity index (χ4n) is 2.45. The molecule has 1 aromatic carbocycles. The number of carbonyl (C=O) groups excluding carboxylic acids is 1. The van der Waals surface area contributed by atoms with Crippen LogP contribution in [-0.4, -0.2) is 33.2 Å². The molecule has 0 spiro atoms. The number of nitrogens with one attached hydrogen (secondary N) is 2. The zero-order chi connectivity index (χ0) is 14.6. The zero-order valence-corrected chi connectivity index (χ0v) is 12.4. The minimum atomic E-state index is -3.34. The summed E-state index contributed by atoms with van der Waals surface area (Å²) in [7, 11) is -3.34. The van der Waals surface area contributed by atoms with Gasteiger partial charge >= 0.3 is 0 Å². The molecular formula is C14H20N2O3S. The van der Waals surface area contributed by atoms with Crippen LogP contribution in [0.4, 0.5) is 5.69 Å². The van der Waals surface area contributed by atoms with Crippen LogP contribution in [0.5, 0.6) is 0 Å². The van der Waals surface area contributed by atoms with Crippen molar-refractivity contribution in [1.29, 1.82) is 0 Å². The van der Waals surface area contributed by atoms with E-state index in [1.807, 2.05) is 0 Å². The first-order chi connectivity index (χ1) is 9.47. The lowest BCUT2D eigenvalue weighted by Crippen LogP contribution is -2.34. The molecule has 1 aliphatic carbocycles. The quantitative estimate of drug-likeness (QED) is 0.864. The van der Waals surface area contributed by atoms with Crippen LogP contribution < -0.4 is 10.6 Å². The maximum absolute atomic E-state index is 11.9. The van der Waals surface area contributed by atoms with Crippen LogP contribution in [0.2, 0.25) is 0 Å². The van der Waals surface area contributed by atoms with E-state index in [4.69, 9.17) is 0 Å². The van der Waals surface area contributed by atoms with Crippen molar-refractivity contribution < 1.29 is 13.2 Å². The Morgan fingerprint density at radius 3 is 2.55 bits per heavy atom. The van der Waals surface area contributed by atoms with Gasteiger partial charge in [-0.05, 0) is 25.0 Å². The Labute approximate surface area is 119 Å². The summed E-state index contributed by atoms with van der Waals surface area (Å²) in [5.74, 6) is -0.215. The highest BCUT2D eigenvalue weighted by molar-refractivity contribution is 7.90. The van der Waals surface area contributed by atoms with Gasteiger partial charge in [0.1, 0.15) is 0 Å². The van der Waals surface area contributed by atoms with E-state index in [0.29, 0.717) is 11.7 Å². The number of hydrogen-bond donors (Lipinski definition) is 2. The Morgan fingerprint density at radius 1 is 1.25 bits per heavy atom. The number of rotatable bonds is 5. The summed E-state index contributed by atoms with van der Waals surface area (Å²) in [4.78, 5) is 12.0. The van der Waals surface area contributed by atoms with Crippen LogP contribution in [-0.2, 0) is 14.6 Å². The van der Waals surface area contributed by atoms with E-state index < -0.39 is 9.84 Å². The highest BCUT2D eigenvalue weighted by Gasteiger charge is 2.17. The van der Waals surface area contributed by atoms with Crippen LogP contribution in [0.3, 0.4) is 0 Å². The third-order valence-electron chi connectivity index (χ3n) is 3.47.